The zero-order valence-corrected chi connectivity index (χ0v) is 6.34. The third kappa shape index (κ3) is 1.03. The van der Waals surface area contributed by atoms with Crippen LogP contribution in [0.5, 0.6) is 0 Å². The van der Waals surface area contributed by atoms with E-state index in [-0.39, 0.29) is 0 Å². The van der Waals surface area contributed by atoms with E-state index in [0.29, 0.717) is 0 Å². The molecule has 10 heavy (non-hydrogen) atoms. The van der Waals surface area contributed by atoms with Crippen molar-refractivity contribution in [2.75, 3.05) is 0 Å². The van der Waals surface area contributed by atoms with Crippen molar-refractivity contribution in [3.8, 4) is 0 Å². The van der Waals surface area contributed by atoms with E-state index in [1.807, 2.05) is 0 Å². The second-order valence-corrected chi connectivity index (χ2v) is 3.34. The highest BCUT2D eigenvalue weighted by Gasteiger charge is 2.19. The third-order valence-corrected chi connectivity index (χ3v) is 2.67. The Morgan fingerprint density at radius 1 is 1.30 bits per heavy atom. The molecule has 1 fully saturated rings. The summed E-state index contributed by atoms with van der Waals surface area (Å²) in [5.74, 6) is 0.954. The summed E-state index contributed by atoms with van der Waals surface area (Å²) in [6, 6.07) is 0. The summed E-state index contributed by atoms with van der Waals surface area (Å²) in [6.45, 7) is 0. The number of fused-ring (bicyclic) bond motifs is 1. The van der Waals surface area contributed by atoms with Crippen LogP contribution in [0.3, 0.4) is 0 Å². The van der Waals surface area contributed by atoms with Gasteiger partial charge in [0.1, 0.15) is 0 Å². The average Bonchev–Trinajstić information content (AvgIpc) is 2.28. The van der Waals surface area contributed by atoms with Crippen molar-refractivity contribution < 1.29 is 0 Å². The summed E-state index contributed by atoms with van der Waals surface area (Å²) in [4.78, 5) is 0. The zero-order chi connectivity index (χ0) is 6.81. The number of hydrogen-bond donors (Lipinski definition) is 0. The van der Waals surface area contributed by atoms with Crippen molar-refractivity contribution >= 4 is 0 Å². The van der Waals surface area contributed by atoms with Gasteiger partial charge in [0, 0.05) is 0 Å². The second-order valence-electron chi connectivity index (χ2n) is 3.34. The summed E-state index contributed by atoms with van der Waals surface area (Å²) >= 11 is 0. The van der Waals surface area contributed by atoms with Crippen LogP contribution >= 0.6 is 0 Å². The van der Waals surface area contributed by atoms with Crippen molar-refractivity contribution in [3.05, 3.63) is 23.8 Å². The molecule has 54 valence electrons. The molecule has 0 heterocycles. The molecule has 2 aliphatic carbocycles. The number of hydrogen-bond acceptors (Lipinski definition) is 0. The average molecular weight is 134 g/mol. The highest BCUT2D eigenvalue weighted by molar-refractivity contribution is 5.20. The Kier molecular flexibility index (Phi) is 1.62. The monoisotopic (exact) mass is 134 g/mol. The summed E-state index contributed by atoms with van der Waals surface area (Å²) < 4.78 is 0. The van der Waals surface area contributed by atoms with Crippen molar-refractivity contribution in [3.63, 3.8) is 0 Å². The molecule has 0 N–H and O–H groups in total. The van der Waals surface area contributed by atoms with Gasteiger partial charge in [-0.25, -0.2) is 0 Å². The normalized spacial score (nSPS) is 31.2. The van der Waals surface area contributed by atoms with Gasteiger partial charge in [-0.1, -0.05) is 23.8 Å². The maximum atomic E-state index is 2.34. The van der Waals surface area contributed by atoms with Crippen LogP contribution < -0.4 is 0 Å². The van der Waals surface area contributed by atoms with E-state index in [1.165, 1.54) is 32.1 Å². The third-order valence-electron chi connectivity index (χ3n) is 2.67. The van der Waals surface area contributed by atoms with E-state index in [4.69, 9.17) is 0 Å². The molecule has 0 radical (unpaired) electrons. The molecule has 0 saturated heterocycles. The van der Waals surface area contributed by atoms with Crippen molar-refractivity contribution in [2.45, 2.75) is 32.1 Å². The van der Waals surface area contributed by atoms with Gasteiger partial charge in [-0.15, -0.1) is 0 Å². The molecule has 2 rings (SSSR count). The predicted molar refractivity (Wildman–Crippen MR) is 43.8 cm³/mol. The van der Waals surface area contributed by atoms with Crippen molar-refractivity contribution in [2.24, 2.45) is 5.92 Å². The molecular formula is C10H14. The molecule has 0 bridgehead atoms. The highest BCUT2D eigenvalue weighted by atomic mass is 14.2. The van der Waals surface area contributed by atoms with Gasteiger partial charge in [0.15, 0.2) is 0 Å². The SMILES string of the molecule is C1=CCCC2CCCC2=C1. The lowest BCUT2D eigenvalue weighted by Gasteiger charge is -2.06. The number of allylic oxidation sites excluding steroid dienone is 4. The van der Waals surface area contributed by atoms with Crippen LogP contribution in [-0.2, 0) is 0 Å². The Labute approximate surface area is 62.6 Å². The first-order chi connectivity index (χ1) is 4.97. The molecule has 0 heteroatoms. The summed E-state index contributed by atoms with van der Waals surface area (Å²) in [5.41, 5.74) is 1.72. The van der Waals surface area contributed by atoms with Gasteiger partial charge in [0.05, 0.1) is 0 Å². The van der Waals surface area contributed by atoms with E-state index in [9.17, 15) is 0 Å². The van der Waals surface area contributed by atoms with E-state index in [0.717, 1.165) is 5.92 Å². The molecule has 0 aromatic heterocycles. The van der Waals surface area contributed by atoms with Crippen molar-refractivity contribution in [1.82, 2.24) is 0 Å². The summed E-state index contributed by atoms with van der Waals surface area (Å²) in [6.07, 6.45) is 13.8. The topological polar surface area (TPSA) is 0 Å². The first-order valence-electron chi connectivity index (χ1n) is 4.32. The van der Waals surface area contributed by atoms with Gasteiger partial charge in [-0.05, 0) is 38.0 Å². The standard InChI is InChI=1S/C10H14/c1-2-5-9-7-4-8-10(9)6-3-1/h1-2,5,10H,3-4,6-8H2. The maximum absolute atomic E-state index is 2.34. The van der Waals surface area contributed by atoms with E-state index in [1.54, 1.807) is 5.57 Å². The Balaban J connectivity index is 2.18. The van der Waals surface area contributed by atoms with Gasteiger partial charge in [0.25, 0.3) is 0 Å². The van der Waals surface area contributed by atoms with Crippen LogP contribution in [0.25, 0.3) is 0 Å². The first-order valence-corrected chi connectivity index (χ1v) is 4.32. The molecule has 0 aliphatic heterocycles. The summed E-state index contributed by atoms with van der Waals surface area (Å²) in [7, 11) is 0. The highest BCUT2D eigenvalue weighted by Crippen LogP contribution is 2.35. The zero-order valence-electron chi connectivity index (χ0n) is 6.34. The number of rotatable bonds is 0. The molecule has 1 saturated carbocycles. The lowest BCUT2D eigenvalue weighted by molar-refractivity contribution is 0.582. The molecule has 0 nitrogen and oxygen atoms in total. The molecule has 0 aromatic rings. The van der Waals surface area contributed by atoms with Crippen molar-refractivity contribution in [1.29, 1.82) is 0 Å². The molecule has 1 unspecified atom stereocenters. The van der Waals surface area contributed by atoms with Gasteiger partial charge < -0.3 is 0 Å². The largest absolute Gasteiger partial charge is 0.0845 e. The minimum Gasteiger partial charge on any atom is -0.0845 e. The Bertz CT molecular complexity index is 174. The van der Waals surface area contributed by atoms with Gasteiger partial charge in [-0.3, -0.25) is 0 Å². The lowest BCUT2D eigenvalue weighted by atomic mass is 9.99. The molecule has 2 aliphatic rings. The van der Waals surface area contributed by atoms with E-state index in [2.05, 4.69) is 18.2 Å². The molecule has 0 aromatic carbocycles. The van der Waals surface area contributed by atoms with Gasteiger partial charge >= 0.3 is 0 Å². The molecular weight excluding hydrogens is 120 g/mol. The quantitative estimate of drug-likeness (QED) is 0.477. The predicted octanol–water partition coefficient (Wildman–Crippen LogP) is 3.06. The van der Waals surface area contributed by atoms with Crippen LogP contribution in [0.1, 0.15) is 32.1 Å². The van der Waals surface area contributed by atoms with Gasteiger partial charge in [0.2, 0.25) is 0 Å². The van der Waals surface area contributed by atoms with Crippen LogP contribution in [0.15, 0.2) is 23.8 Å². The first kappa shape index (κ1) is 6.21. The molecule has 0 amide bonds. The van der Waals surface area contributed by atoms with Crippen LogP contribution in [0, 0.1) is 5.92 Å². The van der Waals surface area contributed by atoms with E-state index < -0.39 is 0 Å². The Morgan fingerprint density at radius 2 is 2.30 bits per heavy atom. The Hall–Kier alpha value is -0.520. The smallest absolute Gasteiger partial charge is 0.0197 e. The minimum absolute atomic E-state index is 0.954. The second kappa shape index (κ2) is 2.61. The van der Waals surface area contributed by atoms with Crippen LogP contribution in [0.4, 0.5) is 0 Å². The Morgan fingerprint density at radius 3 is 3.30 bits per heavy atom. The fourth-order valence-corrected chi connectivity index (χ4v) is 2.08. The van der Waals surface area contributed by atoms with E-state index >= 15 is 0 Å². The summed E-state index contributed by atoms with van der Waals surface area (Å²) in [5, 5.41) is 0. The fourth-order valence-electron chi connectivity index (χ4n) is 2.08. The van der Waals surface area contributed by atoms with Crippen LogP contribution in [-0.4, -0.2) is 0 Å². The molecule has 1 atom stereocenters. The van der Waals surface area contributed by atoms with Crippen LogP contribution in [0.2, 0.25) is 0 Å². The van der Waals surface area contributed by atoms with Gasteiger partial charge in [-0.2, -0.15) is 0 Å². The lowest BCUT2D eigenvalue weighted by Crippen LogP contribution is -1.93. The molecule has 0 spiro atoms. The fraction of sp³-hybridized carbons (Fsp3) is 0.600. The minimum atomic E-state index is 0.954. The maximum Gasteiger partial charge on any atom is -0.0197 e.